The smallest absolute Gasteiger partial charge is 0.280 e. The van der Waals surface area contributed by atoms with Crippen LogP contribution < -0.4 is 4.80 Å². The van der Waals surface area contributed by atoms with Crippen LogP contribution in [-0.2, 0) is 13.0 Å². The summed E-state index contributed by atoms with van der Waals surface area (Å²) < 4.78 is 3.12. The van der Waals surface area contributed by atoms with Gasteiger partial charge >= 0.3 is 0 Å². The van der Waals surface area contributed by atoms with Crippen molar-refractivity contribution in [3.05, 3.63) is 72.4 Å². The quantitative estimate of drug-likeness (QED) is 0.384. The van der Waals surface area contributed by atoms with E-state index in [1.165, 1.54) is 27.3 Å². The third-order valence-corrected chi connectivity index (χ3v) is 6.93. The molecule has 0 saturated carbocycles. The number of nitrogens with zero attached hydrogens (tertiary/aromatic N) is 2. The van der Waals surface area contributed by atoms with E-state index in [2.05, 4.69) is 78.0 Å². The van der Waals surface area contributed by atoms with E-state index in [9.17, 15) is 4.79 Å². The van der Waals surface area contributed by atoms with Crippen molar-refractivity contribution in [2.45, 2.75) is 47.1 Å². The Morgan fingerprint density at radius 1 is 1.11 bits per heavy atom. The number of halogens is 1. The molecule has 0 radical (unpaired) electrons. The fourth-order valence-electron chi connectivity index (χ4n) is 3.22. The normalized spacial score (nSPS) is 11.8. The van der Waals surface area contributed by atoms with E-state index < -0.39 is 0 Å². The molecule has 0 saturated heterocycles. The number of benzene rings is 2. The molecule has 1 heterocycles. The molecule has 3 aromatic rings. The van der Waals surface area contributed by atoms with E-state index in [4.69, 9.17) is 0 Å². The van der Waals surface area contributed by atoms with Gasteiger partial charge in [-0.15, -0.1) is 11.3 Å². The monoisotopic (exact) mass is 504 g/mol. The first-order chi connectivity index (χ1) is 13.5. The number of hydrogen-bond donors (Lipinski definition) is 0. The van der Waals surface area contributed by atoms with E-state index in [0.29, 0.717) is 5.56 Å². The van der Waals surface area contributed by atoms with Gasteiger partial charge in [-0.2, -0.15) is 4.99 Å². The molecular weight excluding hydrogens is 479 g/mol. The first kappa shape index (κ1) is 21.0. The van der Waals surface area contributed by atoms with Crippen LogP contribution in [0, 0.1) is 17.4 Å². The number of amides is 1. The summed E-state index contributed by atoms with van der Waals surface area (Å²) >= 11 is 3.84. The van der Waals surface area contributed by atoms with Crippen LogP contribution in [0.2, 0.25) is 0 Å². The van der Waals surface area contributed by atoms with Gasteiger partial charge in [0.25, 0.3) is 5.91 Å². The minimum absolute atomic E-state index is 0.178. The molecular formula is C23H25IN2OS. The second kappa shape index (κ2) is 9.18. The topological polar surface area (TPSA) is 34.4 Å². The van der Waals surface area contributed by atoms with Crippen molar-refractivity contribution in [1.82, 2.24) is 4.57 Å². The highest BCUT2D eigenvalue weighted by atomic mass is 127. The summed E-state index contributed by atoms with van der Waals surface area (Å²) in [6.07, 6.45) is 2.05. The Kier molecular flexibility index (Phi) is 6.88. The third kappa shape index (κ3) is 4.30. The van der Waals surface area contributed by atoms with E-state index in [1.54, 1.807) is 11.3 Å². The molecule has 146 valence electrons. The second-order valence-corrected chi connectivity index (χ2v) is 9.07. The van der Waals surface area contributed by atoms with E-state index >= 15 is 0 Å². The standard InChI is InChI=1S/C23H25IN2OS/c1-5-9-20-21(17-13-12-15(3)16(4)14-17)26(6-2)23(28-20)25-22(27)18-10-7-8-11-19(18)24/h7-8,10-14H,5-6,9H2,1-4H3. The number of rotatable bonds is 5. The largest absolute Gasteiger partial charge is 0.316 e. The van der Waals surface area contributed by atoms with Crippen LogP contribution in [0.25, 0.3) is 11.3 Å². The molecule has 28 heavy (non-hydrogen) atoms. The Morgan fingerprint density at radius 2 is 1.86 bits per heavy atom. The predicted octanol–water partition coefficient (Wildman–Crippen LogP) is 6.15. The van der Waals surface area contributed by atoms with Gasteiger partial charge in [0.1, 0.15) is 0 Å². The maximum absolute atomic E-state index is 12.8. The summed E-state index contributed by atoms with van der Waals surface area (Å²) in [6, 6.07) is 14.2. The third-order valence-electron chi connectivity index (χ3n) is 4.85. The molecule has 1 aromatic heterocycles. The van der Waals surface area contributed by atoms with Crippen molar-refractivity contribution in [2.24, 2.45) is 4.99 Å². The van der Waals surface area contributed by atoms with Gasteiger partial charge in [-0.05, 0) is 84.7 Å². The highest BCUT2D eigenvalue weighted by Crippen LogP contribution is 2.29. The van der Waals surface area contributed by atoms with Crippen molar-refractivity contribution in [1.29, 1.82) is 0 Å². The number of aryl methyl sites for hydroxylation is 3. The number of carbonyl (C=O) groups is 1. The van der Waals surface area contributed by atoms with Gasteiger partial charge in [-0.25, -0.2) is 0 Å². The van der Waals surface area contributed by atoms with Crippen LogP contribution in [0.1, 0.15) is 46.6 Å². The Bertz CT molecular complexity index is 1080. The lowest BCUT2D eigenvalue weighted by Gasteiger charge is -2.11. The number of aromatic nitrogens is 1. The first-order valence-corrected chi connectivity index (χ1v) is 11.5. The van der Waals surface area contributed by atoms with Crippen LogP contribution >= 0.6 is 33.9 Å². The Labute approximate surface area is 184 Å². The van der Waals surface area contributed by atoms with Crippen LogP contribution in [0.4, 0.5) is 0 Å². The fraction of sp³-hybridized carbons (Fsp3) is 0.304. The first-order valence-electron chi connectivity index (χ1n) is 9.60. The van der Waals surface area contributed by atoms with Crippen molar-refractivity contribution in [2.75, 3.05) is 0 Å². The minimum atomic E-state index is -0.178. The van der Waals surface area contributed by atoms with Gasteiger partial charge in [0.05, 0.1) is 11.3 Å². The molecule has 3 nitrogen and oxygen atoms in total. The zero-order valence-electron chi connectivity index (χ0n) is 16.8. The second-order valence-electron chi connectivity index (χ2n) is 6.85. The summed E-state index contributed by atoms with van der Waals surface area (Å²) in [7, 11) is 0. The average molecular weight is 504 g/mol. The summed E-state index contributed by atoms with van der Waals surface area (Å²) in [5.74, 6) is -0.178. The average Bonchev–Trinajstić information content (AvgIpc) is 3.01. The van der Waals surface area contributed by atoms with Gasteiger partial charge in [0, 0.05) is 15.0 Å². The van der Waals surface area contributed by atoms with Gasteiger partial charge in [-0.1, -0.05) is 37.6 Å². The van der Waals surface area contributed by atoms with Crippen molar-refractivity contribution in [3.8, 4) is 11.3 Å². The molecule has 0 atom stereocenters. The van der Waals surface area contributed by atoms with Crippen LogP contribution in [0.5, 0.6) is 0 Å². The lowest BCUT2D eigenvalue weighted by molar-refractivity contribution is 0.0997. The minimum Gasteiger partial charge on any atom is -0.316 e. The summed E-state index contributed by atoms with van der Waals surface area (Å²) in [4.78, 5) is 19.4. The maximum Gasteiger partial charge on any atom is 0.280 e. The van der Waals surface area contributed by atoms with E-state index in [-0.39, 0.29) is 5.91 Å². The van der Waals surface area contributed by atoms with Gasteiger partial charge in [0.2, 0.25) is 0 Å². The highest BCUT2D eigenvalue weighted by Gasteiger charge is 2.16. The molecule has 0 aliphatic rings. The maximum atomic E-state index is 12.8. The number of hydrogen-bond acceptors (Lipinski definition) is 2. The molecule has 0 spiro atoms. The van der Waals surface area contributed by atoms with Gasteiger partial charge in [-0.3, -0.25) is 4.79 Å². The molecule has 0 bridgehead atoms. The molecule has 0 N–H and O–H groups in total. The highest BCUT2D eigenvalue weighted by molar-refractivity contribution is 14.1. The molecule has 0 aliphatic heterocycles. The molecule has 1 amide bonds. The summed E-state index contributed by atoms with van der Waals surface area (Å²) in [5, 5.41) is 0. The van der Waals surface area contributed by atoms with Crippen molar-refractivity contribution >= 4 is 39.8 Å². The molecule has 0 aliphatic carbocycles. The van der Waals surface area contributed by atoms with Crippen LogP contribution in [0.3, 0.4) is 0 Å². The lowest BCUT2D eigenvalue weighted by Crippen LogP contribution is -2.17. The molecule has 0 fully saturated rings. The predicted molar refractivity (Wildman–Crippen MR) is 126 cm³/mol. The van der Waals surface area contributed by atoms with Crippen molar-refractivity contribution < 1.29 is 4.79 Å². The summed E-state index contributed by atoms with van der Waals surface area (Å²) in [5.41, 5.74) is 5.63. The van der Waals surface area contributed by atoms with Crippen LogP contribution in [0.15, 0.2) is 47.5 Å². The SMILES string of the molecule is CCCc1sc(=NC(=O)c2ccccc2I)n(CC)c1-c1ccc(C)c(C)c1. The fourth-order valence-corrected chi connectivity index (χ4v) is 5.15. The number of carbonyl (C=O) groups excluding carboxylic acids is 1. The zero-order valence-corrected chi connectivity index (χ0v) is 19.7. The summed E-state index contributed by atoms with van der Waals surface area (Å²) in [6.45, 7) is 9.36. The van der Waals surface area contributed by atoms with Gasteiger partial charge in [0.15, 0.2) is 4.80 Å². The van der Waals surface area contributed by atoms with E-state index in [1.807, 2.05) is 24.3 Å². The molecule has 5 heteroatoms. The lowest BCUT2D eigenvalue weighted by atomic mass is 10.0. The Morgan fingerprint density at radius 3 is 2.50 bits per heavy atom. The number of thiazole rings is 1. The zero-order chi connectivity index (χ0) is 20.3. The van der Waals surface area contributed by atoms with Gasteiger partial charge < -0.3 is 4.57 Å². The molecule has 3 rings (SSSR count). The van der Waals surface area contributed by atoms with E-state index in [0.717, 1.165) is 27.8 Å². The molecule has 2 aromatic carbocycles. The van der Waals surface area contributed by atoms with Crippen LogP contribution in [-0.4, -0.2) is 10.5 Å². The Hall–Kier alpha value is -1.73. The Balaban J connectivity index is 2.19. The van der Waals surface area contributed by atoms with Crippen molar-refractivity contribution in [3.63, 3.8) is 0 Å². The molecule has 0 unspecified atom stereocenters.